The molecule has 0 amide bonds. The van der Waals surface area contributed by atoms with Crippen LogP contribution in [0.25, 0.3) is 0 Å². The summed E-state index contributed by atoms with van der Waals surface area (Å²) in [4.78, 5) is 21.8. The molecule has 1 aromatic rings. The van der Waals surface area contributed by atoms with E-state index < -0.39 is 6.09 Å². The summed E-state index contributed by atoms with van der Waals surface area (Å²) in [5, 5.41) is 0. The predicted octanol–water partition coefficient (Wildman–Crippen LogP) is 1.61. The highest BCUT2D eigenvalue weighted by Gasteiger charge is 2.11. The molecule has 0 atom stereocenters. The molecule has 0 radical (unpaired) electrons. The van der Waals surface area contributed by atoms with Gasteiger partial charge in [0.2, 0.25) is 0 Å². The Labute approximate surface area is 76.1 Å². The lowest BCUT2D eigenvalue weighted by molar-refractivity contribution is 0.110. The third kappa shape index (κ3) is 1.77. The van der Waals surface area contributed by atoms with Gasteiger partial charge in [-0.25, -0.2) is 9.36 Å². The number of aryl methyl sites for hydroxylation is 1. The van der Waals surface area contributed by atoms with Crippen LogP contribution in [0.2, 0.25) is 0 Å². The first-order chi connectivity index (χ1) is 6.20. The van der Waals surface area contributed by atoms with Gasteiger partial charge < -0.3 is 4.74 Å². The molecule has 0 aliphatic rings. The Morgan fingerprint density at radius 3 is 2.92 bits per heavy atom. The molecule has 13 heavy (non-hydrogen) atoms. The number of hydrogen-bond donors (Lipinski definition) is 0. The van der Waals surface area contributed by atoms with Crippen molar-refractivity contribution >= 4 is 12.4 Å². The first-order valence-electron chi connectivity index (χ1n) is 4.01. The largest absolute Gasteiger partial charge is 0.449 e. The molecule has 0 aromatic carbocycles. The molecule has 0 spiro atoms. The van der Waals surface area contributed by atoms with E-state index in [1.165, 1.54) is 10.8 Å². The van der Waals surface area contributed by atoms with Gasteiger partial charge in [0.15, 0.2) is 6.29 Å². The van der Waals surface area contributed by atoms with Gasteiger partial charge in [0.1, 0.15) is 0 Å². The van der Waals surface area contributed by atoms with Crippen LogP contribution in [0, 0.1) is 6.92 Å². The van der Waals surface area contributed by atoms with Crippen molar-refractivity contribution in [2.75, 3.05) is 6.61 Å². The zero-order valence-corrected chi connectivity index (χ0v) is 7.61. The molecule has 1 rings (SSSR count). The van der Waals surface area contributed by atoms with Crippen molar-refractivity contribution in [1.82, 2.24) is 4.57 Å². The number of carbonyl (C=O) groups is 2. The summed E-state index contributed by atoms with van der Waals surface area (Å²) in [7, 11) is 0. The quantitative estimate of drug-likeness (QED) is 0.651. The molecule has 4 heteroatoms. The van der Waals surface area contributed by atoms with Gasteiger partial charge in [-0.15, -0.1) is 0 Å². The Bertz CT molecular complexity index is 328. The van der Waals surface area contributed by atoms with Crippen molar-refractivity contribution in [1.29, 1.82) is 0 Å². The third-order valence-corrected chi connectivity index (χ3v) is 1.71. The zero-order chi connectivity index (χ0) is 9.84. The second-order valence-corrected chi connectivity index (χ2v) is 2.57. The van der Waals surface area contributed by atoms with E-state index in [1.54, 1.807) is 19.9 Å². The molecule has 70 valence electrons. The Balaban J connectivity index is 3.00. The smallest absolute Gasteiger partial charge is 0.418 e. The predicted molar refractivity (Wildman–Crippen MR) is 47.0 cm³/mol. The average Bonchev–Trinajstić information content (AvgIpc) is 2.47. The van der Waals surface area contributed by atoms with Crippen molar-refractivity contribution in [3.05, 3.63) is 23.5 Å². The van der Waals surface area contributed by atoms with E-state index in [0.29, 0.717) is 18.6 Å². The maximum Gasteiger partial charge on any atom is 0.418 e. The van der Waals surface area contributed by atoms with E-state index in [1.807, 2.05) is 0 Å². The lowest BCUT2D eigenvalue weighted by atomic mass is 10.3. The number of carbonyl (C=O) groups excluding carboxylic acids is 2. The van der Waals surface area contributed by atoms with Crippen molar-refractivity contribution < 1.29 is 14.3 Å². The van der Waals surface area contributed by atoms with Crippen LogP contribution in [0.5, 0.6) is 0 Å². The van der Waals surface area contributed by atoms with E-state index in [0.717, 1.165) is 5.56 Å². The second-order valence-electron chi connectivity index (χ2n) is 2.57. The van der Waals surface area contributed by atoms with Gasteiger partial charge in [0.05, 0.1) is 12.3 Å². The van der Waals surface area contributed by atoms with Gasteiger partial charge in [-0.3, -0.25) is 4.79 Å². The van der Waals surface area contributed by atoms with Crippen LogP contribution in [0.15, 0.2) is 12.3 Å². The second kappa shape index (κ2) is 3.89. The number of nitrogens with zero attached hydrogens (tertiary/aromatic N) is 1. The average molecular weight is 181 g/mol. The number of ether oxygens (including phenoxy) is 1. The minimum Gasteiger partial charge on any atom is -0.449 e. The molecular weight excluding hydrogens is 170 g/mol. The summed E-state index contributed by atoms with van der Waals surface area (Å²) >= 11 is 0. The molecule has 0 unspecified atom stereocenters. The summed E-state index contributed by atoms with van der Waals surface area (Å²) < 4.78 is 5.95. The molecular formula is C9H11NO3. The first kappa shape index (κ1) is 9.51. The molecule has 0 bridgehead atoms. The van der Waals surface area contributed by atoms with Gasteiger partial charge in [0.25, 0.3) is 0 Å². The fourth-order valence-electron chi connectivity index (χ4n) is 1.04. The standard InChI is InChI=1S/C9H11NO3/c1-3-13-9(12)10-5-4-7(2)8(10)6-11/h4-6H,3H2,1-2H3. The highest BCUT2D eigenvalue weighted by Crippen LogP contribution is 2.07. The molecule has 0 aliphatic heterocycles. The molecule has 0 aliphatic carbocycles. The van der Waals surface area contributed by atoms with Crippen molar-refractivity contribution in [2.24, 2.45) is 0 Å². The molecule has 1 aromatic heterocycles. The van der Waals surface area contributed by atoms with E-state index in [-0.39, 0.29) is 0 Å². The van der Waals surface area contributed by atoms with Crippen LogP contribution in [0.4, 0.5) is 4.79 Å². The maximum absolute atomic E-state index is 11.2. The monoisotopic (exact) mass is 181 g/mol. The third-order valence-electron chi connectivity index (χ3n) is 1.71. The summed E-state index contributed by atoms with van der Waals surface area (Å²) in [6.45, 7) is 3.78. The van der Waals surface area contributed by atoms with Gasteiger partial charge in [-0.05, 0) is 25.5 Å². The highest BCUT2D eigenvalue weighted by molar-refractivity contribution is 5.83. The van der Waals surface area contributed by atoms with Gasteiger partial charge >= 0.3 is 6.09 Å². The zero-order valence-electron chi connectivity index (χ0n) is 7.61. The molecule has 1 heterocycles. The molecule has 0 saturated carbocycles. The van der Waals surface area contributed by atoms with Crippen LogP contribution in [0.3, 0.4) is 0 Å². The van der Waals surface area contributed by atoms with E-state index in [4.69, 9.17) is 4.74 Å². The van der Waals surface area contributed by atoms with Crippen molar-refractivity contribution in [3.8, 4) is 0 Å². The lowest BCUT2D eigenvalue weighted by Gasteiger charge is -2.03. The van der Waals surface area contributed by atoms with Crippen LogP contribution in [-0.4, -0.2) is 23.6 Å². The van der Waals surface area contributed by atoms with Crippen LogP contribution in [-0.2, 0) is 4.74 Å². The minimum absolute atomic E-state index is 0.300. The van der Waals surface area contributed by atoms with Crippen LogP contribution in [0.1, 0.15) is 23.0 Å². The highest BCUT2D eigenvalue weighted by atomic mass is 16.5. The fourth-order valence-corrected chi connectivity index (χ4v) is 1.04. The Morgan fingerprint density at radius 1 is 1.69 bits per heavy atom. The Kier molecular flexibility index (Phi) is 2.84. The summed E-state index contributed by atoms with van der Waals surface area (Å²) in [6, 6.07) is 1.70. The summed E-state index contributed by atoms with van der Waals surface area (Å²) in [6.07, 6.45) is 1.65. The van der Waals surface area contributed by atoms with Crippen LogP contribution < -0.4 is 0 Å². The Morgan fingerprint density at radius 2 is 2.38 bits per heavy atom. The molecule has 4 nitrogen and oxygen atoms in total. The van der Waals surface area contributed by atoms with Crippen molar-refractivity contribution in [3.63, 3.8) is 0 Å². The maximum atomic E-state index is 11.2. The molecule has 0 N–H and O–H groups in total. The van der Waals surface area contributed by atoms with Gasteiger partial charge in [0, 0.05) is 6.20 Å². The SMILES string of the molecule is CCOC(=O)n1ccc(C)c1C=O. The van der Waals surface area contributed by atoms with Gasteiger partial charge in [-0.2, -0.15) is 0 Å². The molecule has 0 fully saturated rings. The summed E-state index contributed by atoms with van der Waals surface area (Å²) in [5.41, 5.74) is 1.11. The van der Waals surface area contributed by atoms with E-state index in [9.17, 15) is 9.59 Å². The van der Waals surface area contributed by atoms with Gasteiger partial charge in [-0.1, -0.05) is 0 Å². The normalized spacial score (nSPS) is 9.69. The number of rotatable bonds is 2. The number of aldehydes is 1. The first-order valence-corrected chi connectivity index (χ1v) is 4.01. The van der Waals surface area contributed by atoms with E-state index >= 15 is 0 Å². The lowest BCUT2D eigenvalue weighted by Crippen LogP contribution is -2.15. The Hall–Kier alpha value is -1.58. The number of hydrogen-bond acceptors (Lipinski definition) is 3. The van der Waals surface area contributed by atoms with Crippen molar-refractivity contribution in [2.45, 2.75) is 13.8 Å². The summed E-state index contributed by atoms with van der Waals surface area (Å²) in [5.74, 6) is 0. The molecule has 0 saturated heterocycles. The number of aromatic nitrogens is 1. The minimum atomic E-state index is -0.516. The van der Waals surface area contributed by atoms with E-state index in [2.05, 4.69) is 0 Å². The topological polar surface area (TPSA) is 48.3 Å². The fraction of sp³-hybridized carbons (Fsp3) is 0.333. The van der Waals surface area contributed by atoms with Crippen LogP contribution >= 0.6 is 0 Å².